The summed E-state index contributed by atoms with van der Waals surface area (Å²) in [5.41, 5.74) is 0. The van der Waals surface area contributed by atoms with Crippen LogP contribution in [0.3, 0.4) is 0 Å². The van der Waals surface area contributed by atoms with Gasteiger partial charge < -0.3 is 15.2 Å². The molecule has 0 amide bonds. The minimum Gasteiger partial charge on any atom is -0.466 e. The van der Waals surface area contributed by atoms with Crippen molar-refractivity contribution in [1.82, 2.24) is 5.32 Å². The van der Waals surface area contributed by atoms with Gasteiger partial charge in [0.1, 0.15) is 0 Å². The topological polar surface area (TPSA) is 58.6 Å². The Morgan fingerprint density at radius 3 is 2.83 bits per heavy atom. The maximum atomic E-state index is 10.8. The Bertz CT molecular complexity index is 125. The fourth-order valence-corrected chi connectivity index (χ4v) is 0.735. The van der Waals surface area contributed by atoms with Crippen molar-refractivity contribution in [3.05, 3.63) is 0 Å². The van der Waals surface area contributed by atoms with Gasteiger partial charge in [-0.3, -0.25) is 4.79 Å². The highest BCUT2D eigenvalue weighted by atomic mass is 16.5. The molecule has 0 saturated carbocycles. The van der Waals surface area contributed by atoms with E-state index < -0.39 is 0 Å². The molecular formula is C8H17NO3. The van der Waals surface area contributed by atoms with Gasteiger partial charge >= 0.3 is 5.97 Å². The predicted molar refractivity (Wildman–Crippen MR) is 45.8 cm³/mol. The summed E-state index contributed by atoms with van der Waals surface area (Å²) >= 11 is 0. The Balaban J connectivity index is 3.14. The van der Waals surface area contributed by atoms with Crippen LogP contribution in [0.4, 0.5) is 0 Å². The first kappa shape index (κ1) is 11.4. The van der Waals surface area contributed by atoms with Crippen LogP contribution in [0.1, 0.15) is 20.3 Å². The first-order valence-corrected chi connectivity index (χ1v) is 4.21. The maximum Gasteiger partial charge on any atom is 0.307 e. The fourth-order valence-electron chi connectivity index (χ4n) is 0.735. The summed E-state index contributed by atoms with van der Waals surface area (Å²) in [4.78, 5) is 10.8. The lowest BCUT2D eigenvalue weighted by atomic mass is 10.4. The third kappa shape index (κ3) is 7.50. The maximum absolute atomic E-state index is 10.8. The number of hydrogen-bond donors (Lipinski definition) is 2. The zero-order chi connectivity index (χ0) is 9.40. The summed E-state index contributed by atoms with van der Waals surface area (Å²) in [6.45, 7) is 4.97. The molecule has 0 fully saturated rings. The molecule has 2 N–H and O–H groups in total. The molecule has 0 saturated heterocycles. The zero-order valence-corrected chi connectivity index (χ0v) is 7.67. The van der Waals surface area contributed by atoms with Crippen molar-refractivity contribution in [2.45, 2.75) is 26.4 Å². The number of nitrogens with one attached hydrogen (secondary N) is 1. The largest absolute Gasteiger partial charge is 0.466 e. The van der Waals surface area contributed by atoms with Gasteiger partial charge in [0.25, 0.3) is 0 Å². The molecule has 72 valence electrons. The van der Waals surface area contributed by atoms with E-state index in [0.29, 0.717) is 26.1 Å². The number of carbonyl (C=O) groups excluding carboxylic acids is 1. The van der Waals surface area contributed by atoms with Crippen LogP contribution in [-0.2, 0) is 9.53 Å². The summed E-state index contributed by atoms with van der Waals surface area (Å²) in [5, 5.41) is 11.8. The van der Waals surface area contributed by atoms with E-state index in [0.717, 1.165) is 0 Å². The molecule has 0 aliphatic carbocycles. The Labute approximate surface area is 72.9 Å². The highest BCUT2D eigenvalue weighted by molar-refractivity contribution is 5.69. The standard InChI is InChI=1S/C8H17NO3/c1-3-12-8(11)4-5-9-6-7(2)10/h7,9-10H,3-6H2,1-2H3/t7-/m0/s1. The van der Waals surface area contributed by atoms with Crippen molar-refractivity contribution in [3.8, 4) is 0 Å². The van der Waals surface area contributed by atoms with Gasteiger partial charge in [-0.25, -0.2) is 0 Å². The second-order valence-corrected chi connectivity index (χ2v) is 2.61. The molecule has 12 heavy (non-hydrogen) atoms. The lowest BCUT2D eigenvalue weighted by Crippen LogP contribution is -2.26. The van der Waals surface area contributed by atoms with E-state index >= 15 is 0 Å². The first-order valence-electron chi connectivity index (χ1n) is 4.21. The van der Waals surface area contributed by atoms with Crippen LogP contribution >= 0.6 is 0 Å². The summed E-state index contributed by atoms with van der Waals surface area (Å²) in [7, 11) is 0. The van der Waals surface area contributed by atoms with Gasteiger partial charge in [-0.05, 0) is 13.8 Å². The molecule has 0 aliphatic heterocycles. The minimum absolute atomic E-state index is 0.199. The normalized spacial score (nSPS) is 12.6. The first-order chi connectivity index (χ1) is 5.66. The van der Waals surface area contributed by atoms with Gasteiger partial charge in [0, 0.05) is 13.1 Å². The van der Waals surface area contributed by atoms with Crippen molar-refractivity contribution in [1.29, 1.82) is 0 Å². The van der Waals surface area contributed by atoms with Gasteiger partial charge in [0.05, 0.1) is 19.1 Å². The van der Waals surface area contributed by atoms with Gasteiger partial charge in [-0.15, -0.1) is 0 Å². The molecule has 0 aromatic heterocycles. The number of aliphatic hydroxyl groups excluding tert-OH is 1. The monoisotopic (exact) mass is 175 g/mol. The zero-order valence-electron chi connectivity index (χ0n) is 7.67. The average molecular weight is 175 g/mol. The van der Waals surface area contributed by atoms with Crippen LogP contribution in [0.2, 0.25) is 0 Å². The summed E-state index contributed by atoms with van der Waals surface area (Å²) in [5.74, 6) is -0.199. The number of esters is 1. The highest BCUT2D eigenvalue weighted by Crippen LogP contribution is 1.84. The average Bonchev–Trinajstić information content (AvgIpc) is 1.98. The van der Waals surface area contributed by atoms with E-state index in [1.807, 2.05) is 0 Å². The number of aliphatic hydroxyl groups is 1. The number of hydrogen-bond acceptors (Lipinski definition) is 4. The lowest BCUT2D eigenvalue weighted by molar-refractivity contribution is -0.143. The van der Waals surface area contributed by atoms with E-state index in [9.17, 15) is 4.79 Å². The smallest absolute Gasteiger partial charge is 0.307 e. The molecule has 0 spiro atoms. The fraction of sp³-hybridized carbons (Fsp3) is 0.875. The number of rotatable bonds is 6. The summed E-state index contributed by atoms with van der Waals surface area (Å²) < 4.78 is 4.71. The van der Waals surface area contributed by atoms with Gasteiger partial charge in [0.15, 0.2) is 0 Å². The second-order valence-electron chi connectivity index (χ2n) is 2.61. The van der Waals surface area contributed by atoms with Crippen LogP contribution < -0.4 is 5.32 Å². The summed E-state index contributed by atoms with van der Waals surface area (Å²) in [6.07, 6.45) is -0.00667. The lowest BCUT2D eigenvalue weighted by Gasteiger charge is -2.05. The minimum atomic E-state index is -0.368. The van der Waals surface area contributed by atoms with Crippen molar-refractivity contribution < 1.29 is 14.6 Å². The van der Waals surface area contributed by atoms with Gasteiger partial charge in [-0.1, -0.05) is 0 Å². The van der Waals surface area contributed by atoms with Crippen molar-refractivity contribution in [3.63, 3.8) is 0 Å². The van der Waals surface area contributed by atoms with E-state index in [-0.39, 0.29) is 12.1 Å². The van der Waals surface area contributed by atoms with Crippen LogP contribution in [0, 0.1) is 0 Å². The molecule has 4 nitrogen and oxygen atoms in total. The molecule has 0 aliphatic rings. The molecule has 0 heterocycles. The second kappa shape index (κ2) is 7.06. The van der Waals surface area contributed by atoms with Crippen molar-refractivity contribution >= 4 is 5.97 Å². The molecule has 0 aromatic rings. The predicted octanol–water partition coefficient (Wildman–Crippen LogP) is -0.0900. The molecular weight excluding hydrogens is 158 g/mol. The van der Waals surface area contributed by atoms with Crippen LogP contribution in [0.5, 0.6) is 0 Å². The van der Waals surface area contributed by atoms with E-state index in [2.05, 4.69) is 5.32 Å². The van der Waals surface area contributed by atoms with Crippen molar-refractivity contribution in [2.24, 2.45) is 0 Å². The van der Waals surface area contributed by atoms with E-state index in [1.165, 1.54) is 0 Å². The van der Waals surface area contributed by atoms with Crippen LogP contribution in [0.25, 0.3) is 0 Å². The highest BCUT2D eigenvalue weighted by Gasteiger charge is 2.00. The Kier molecular flexibility index (Phi) is 6.70. The molecule has 0 unspecified atom stereocenters. The van der Waals surface area contributed by atoms with Crippen LogP contribution in [0.15, 0.2) is 0 Å². The van der Waals surface area contributed by atoms with Crippen LogP contribution in [-0.4, -0.2) is 36.9 Å². The molecule has 0 radical (unpaired) electrons. The third-order valence-corrected chi connectivity index (χ3v) is 1.25. The molecule has 0 aromatic carbocycles. The third-order valence-electron chi connectivity index (χ3n) is 1.25. The molecule has 4 heteroatoms. The summed E-state index contributed by atoms with van der Waals surface area (Å²) in [6, 6.07) is 0. The van der Waals surface area contributed by atoms with E-state index in [1.54, 1.807) is 13.8 Å². The van der Waals surface area contributed by atoms with Gasteiger partial charge in [-0.2, -0.15) is 0 Å². The molecule has 1 atom stereocenters. The quantitative estimate of drug-likeness (QED) is 0.437. The SMILES string of the molecule is CCOC(=O)CCNC[C@H](C)O. The Morgan fingerprint density at radius 2 is 2.33 bits per heavy atom. The Morgan fingerprint density at radius 1 is 1.67 bits per heavy atom. The Hall–Kier alpha value is -0.610. The number of ether oxygens (including phenoxy) is 1. The molecule has 0 bridgehead atoms. The number of carbonyl (C=O) groups is 1. The van der Waals surface area contributed by atoms with E-state index in [4.69, 9.17) is 9.84 Å². The van der Waals surface area contributed by atoms with Gasteiger partial charge in [0.2, 0.25) is 0 Å². The molecule has 0 rings (SSSR count). The van der Waals surface area contributed by atoms with Crippen molar-refractivity contribution in [2.75, 3.05) is 19.7 Å².